The third-order valence-corrected chi connectivity index (χ3v) is 5.42. The van der Waals surface area contributed by atoms with Crippen molar-refractivity contribution >= 4 is 57.3 Å². The third kappa shape index (κ3) is 6.69. The molecule has 0 radical (unpaired) electrons. The highest BCUT2D eigenvalue weighted by atomic mass is 79.9. The lowest BCUT2D eigenvalue weighted by Gasteiger charge is -2.12. The Kier molecular flexibility index (Phi) is 8.45. The van der Waals surface area contributed by atoms with E-state index in [1.54, 1.807) is 42.5 Å². The Morgan fingerprint density at radius 1 is 1.06 bits per heavy atom. The maximum absolute atomic E-state index is 12.9. The molecule has 3 N–H and O–H groups in total. The van der Waals surface area contributed by atoms with Crippen molar-refractivity contribution in [3.05, 3.63) is 98.6 Å². The molecule has 7 nitrogen and oxygen atoms in total. The van der Waals surface area contributed by atoms with Crippen LogP contribution in [0.4, 0.5) is 5.69 Å². The first kappa shape index (κ1) is 25.0. The van der Waals surface area contributed by atoms with Gasteiger partial charge < -0.3 is 15.3 Å². The number of phenolic OH excluding ortho intramolecular Hbond substituents is 1. The van der Waals surface area contributed by atoms with E-state index in [0.29, 0.717) is 21.2 Å². The molecule has 0 atom stereocenters. The Balaban J connectivity index is 1.84. The van der Waals surface area contributed by atoms with Gasteiger partial charge in [0, 0.05) is 35.4 Å². The number of carbonyl (C=O) groups is 2. The van der Waals surface area contributed by atoms with Gasteiger partial charge in [-0.05, 0) is 48.0 Å². The molecule has 0 aliphatic carbocycles. The predicted molar refractivity (Wildman–Crippen MR) is 139 cm³/mol. The van der Waals surface area contributed by atoms with E-state index in [1.165, 1.54) is 12.3 Å². The van der Waals surface area contributed by atoms with Gasteiger partial charge in [-0.25, -0.2) is 5.43 Å². The first-order valence-electron chi connectivity index (χ1n) is 10.1. The van der Waals surface area contributed by atoms with Crippen LogP contribution in [-0.4, -0.2) is 37.2 Å². The molecule has 0 aliphatic heterocycles. The Morgan fingerprint density at radius 3 is 2.38 bits per heavy atom. The molecular weight excluding hydrogens is 520 g/mol. The van der Waals surface area contributed by atoms with Crippen LogP contribution in [0.5, 0.6) is 5.75 Å². The van der Waals surface area contributed by atoms with Crippen molar-refractivity contribution in [2.75, 3.05) is 19.0 Å². The molecule has 3 rings (SSSR count). The number of amides is 2. The SMILES string of the molecule is CN(C)c1ccc(/C=C(\NC(=O)c2ccccc2)C(=O)N/N=C\c2cc(Br)cc(Cl)c2O)cc1. The molecule has 3 aromatic rings. The Labute approximate surface area is 210 Å². The van der Waals surface area contributed by atoms with Crippen molar-refractivity contribution in [3.63, 3.8) is 0 Å². The summed E-state index contributed by atoms with van der Waals surface area (Å²) in [6.07, 6.45) is 2.81. The average molecular weight is 542 g/mol. The van der Waals surface area contributed by atoms with Crippen LogP contribution in [0.3, 0.4) is 0 Å². The smallest absolute Gasteiger partial charge is 0.287 e. The second-order valence-corrected chi connectivity index (χ2v) is 8.71. The van der Waals surface area contributed by atoms with Gasteiger partial charge in [0.05, 0.1) is 11.2 Å². The number of aromatic hydroxyl groups is 1. The van der Waals surface area contributed by atoms with E-state index in [0.717, 1.165) is 5.69 Å². The first-order valence-corrected chi connectivity index (χ1v) is 11.3. The molecule has 9 heteroatoms. The number of nitrogens with one attached hydrogen (secondary N) is 2. The lowest BCUT2D eigenvalue weighted by Crippen LogP contribution is -2.32. The van der Waals surface area contributed by atoms with Gasteiger partial charge in [-0.15, -0.1) is 0 Å². The number of hydrogen-bond acceptors (Lipinski definition) is 5. The molecule has 0 saturated carbocycles. The normalized spacial score (nSPS) is 11.4. The second kappa shape index (κ2) is 11.5. The fraction of sp³-hybridized carbons (Fsp3) is 0.0800. The molecule has 3 aromatic carbocycles. The number of hydrazone groups is 1. The van der Waals surface area contributed by atoms with Gasteiger partial charge in [0.25, 0.3) is 11.8 Å². The molecule has 0 aromatic heterocycles. The Hall–Kier alpha value is -3.62. The van der Waals surface area contributed by atoms with Crippen molar-refractivity contribution in [2.45, 2.75) is 0 Å². The van der Waals surface area contributed by atoms with Crippen molar-refractivity contribution in [1.29, 1.82) is 0 Å². The van der Waals surface area contributed by atoms with E-state index in [-0.39, 0.29) is 16.5 Å². The molecule has 0 unspecified atom stereocenters. The van der Waals surface area contributed by atoms with Crippen LogP contribution in [0.2, 0.25) is 5.02 Å². The summed E-state index contributed by atoms with van der Waals surface area (Å²) >= 11 is 9.25. The van der Waals surface area contributed by atoms with Crippen molar-refractivity contribution in [1.82, 2.24) is 10.7 Å². The van der Waals surface area contributed by atoms with Gasteiger partial charge in [0.1, 0.15) is 11.4 Å². The van der Waals surface area contributed by atoms with Gasteiger partial charge in [-0.2, -0.15) is 5.10 Å². The van der Waals surface area contributed by atoms with Crippen molar-refractivity contribution in [3.8, 4) is 5.75 Å². The summed E-state index contributed by atoms with van der Waals surface area (Å²) in [6.45, 7) is 0. The van der Waals surface area contributed by atoms with Crippen LogP contribution < -0.4 is 15.6 Å². The highest BCUT2D eigenvalue weighted by Gasteiger charge is 2.14. The number of rotatable bonds is 7. The number of benzene rings is 3. The lowest BCUT2D eigenvalue weighted by molar-refractivity contribution is -0.117. The summed E-state index contributed by atoms with van der Waals surface area (Å²) in [5.74, 6) is -1.25. The molecule has 0 saturated heterocycles. The van der Waals surface area contributed by atoms with Gasteiger partial charge in [-0.1, -0.05) is 57.9 Å². The van der Waals surface area contributed by atoms with Crippen LogP contribution in [0.25, 0.3) is 6.08 Å². The fourth-order valence-corrected chi connectivity index (χ4v) is 3.72. The van der Waals surface area contributed by atoms with Gasteiger partial charge in [0.2, 0.25) is 0 Å². The Morgan fingerprint density at radius 2 is 1.74 bits per heavy atom. The van der Waals surface area contributed by atoms with E-state index < -0.39 is 11.8 Å². The molecule has 2 amide bonds. The number of anilines is 1. The summed E-state index contributed by atoms with van der Waals surface area (Å²) < 4.78 is 0.639. The minimum absolute atomic E-state index is 0.0000951. The largest absolute Gasteiger partial charge is 0.506 e. The minimum Gasteiger partial charge on any atom is -0.506 e. The van der Waals surface area contributed by atoms with Gasteiger partial charge >= 0.3 is 0 Å². The van der Waals surface area contributed by atoms with Crippen LogP contribution >= 0.6 is 27.5 Å². The van der Waals surface area contributed by atoms with E-state index in [9.17, 15) is 14.7 Å². The number of halogens is 2. The molecule has 0 bridgehead atoms. The molecule has 174 valence electrons. The fourth-order valence-electron chi connectivity index (χ4n) is 2.88. The molecule has 0 aliphatic rings. The summed E-state index contributed by atoms with van der Waals surface area (Å²) in [7, 11) is 3.86. The third-order valence-electron chi connectivity index (χ3n) is 4.68. The molecule has 34 heavy (non-hydrogen) atoms. The van der Waals surface area contributed by atoms with Crippen molar-refractivity contribution < 1.29 is 14.7 Å². The number of carbonyl (C=O) groups excluding carboxylic acids is 2. The molecule has 0 spiro atoms. The van der Waals surface area contributed by atoms with E-state index in [1.807, 2.05) is 43.3 Å². The Bertz CT molecular complexity index is 1240. The summed E-state index contributed by atoms with van der Waals surface area (Å²) in [6, 6.07) is 19.2. The van der Waals surface area contributed by atoms with Crippen LogP contribution in [0.15, 0.2) is 82.0 Å². The second-order valence-electron chi connectivity index (χ2n) is 7.39. The number of phenols is 1. The molecular formula is C25H22BrClN4O3. The maximum atomic E-state index is 12.9. The van der Waals surface area contributed by atoms with E-state index >= 15 is 0 Å². The van der Waals surface area contributed by atoms with Crippen LogP contribution in [-0.2, 0) is 4.79 Å². The zero-order chi connectivity index (χ0) is 24.7. The van der Waals surface area contributed by atoms with Gasteiger partial charge in [-0.3, -0.25) is 9.59 Å². The maximum Gasteiger partial charge on any atom is 0.287 e. The minimum atomic E-state index is -0.641. The highest BCUT2D eigenvalue weighted by Crippen LogP contribution is 2.30. The van der Waals surface area contributed by atoms with Crippen LogP contribution in [0.1, 0.15) is 21.5 Å². The van der Waals surface area contributed by atoms with E-state index in [4.69, 9.17) is 11.6 Å². The lowest BCUT2D eigenvalue weighted by atomic mass is 10.1. The zero-order valence-corrected chi connectivity index (χ0v) is 20.8. The number of nitrogens with zero attached hydrogens (tertiary/aromatic N) is 2. The highest BCUT2D eigenvalue weighted by molar-refractivity contribution is 9.10. The molecule has 0 heterocycles. The topological polar surface area (TPSA) is 94.0 Å². The standard InChI is InChI=1S/C25H22BrClN4O3/c1-31(2)20-10-8-16(9-11-20)12-22(29-24(33)17-6-4-3-5-7-17)25(34)30-28-15-18-13-19(26)14-21(27)23(18)32/h3-15,32H,1-2H3,(H,29,33)(H,30,34)/b22-12-,28-15-. The zero-order valence-electron chi connectivity index (χ0n) is 18.4. The summed E-state index contributed by atoms with van der Waals surface area (Å²) in [4.78, 5) is 27.5. The quantitative estimate of drug-likeness (QED) is 0.228. The summed E-state index contributed by atoms with van der Waals surface area (Å²) in [5, 5.41) is 16.8. The monoisotopic (exact) mass is 540 g/mol. The predicted octanol–water partition coefficient (Wildman–Crippen LogP) is 4.80. The van der Waals surface area contributed by atoms with Gasteiger partial charge in [0.15, 0.2) is 0 Å². The average Bonchev–Trinajstić information content (AvgIpc) is 2.82. The molecule has 0 fully saturated rings. The van der Waals surface area contributed by atoms with Crippen molar-refractivity contribution in [2.24, 2.45) is 5.10 Å². The number of hydrogen-bond donors (Lipinski definition) is 3. The first-order chi connectivity index (χ1) is 16.2. The summed E-state index contributed by atoms with van der Waals surface area (Å²) in [5.41, 5.74) is 4.79. The van der Waals surface area contributed by atoms with E-state index in [2.05, 4.69) is 31.8 Å². The van der Waals surface area contributed by atoms with Crippen LogP contribution in [0, 0.1) is 0 Å².